The van der Waals surface area contributed by atoms with Crippen LogP contribution < -0.4 is 5.32 Å². The van der Waals surface area contributed by atoms with Crippen molar-refractivity contribution in [1.29, 1.82) is 0 Å². The molecule has 0 atom stereocenters. The van der Waals surface area contributed by atoms with Crippen molar-refractivity contribution in [2.24, 2.45) is 0 Å². The molecule has 4 heteroatoms. The highest BCUT2D eigenvalue weighted by Gasteiger charge is 1.97. The Morgan fingerprint density at radius 2 is 2.07 bits per heavy atom. The first kappa shape index (κ1) is 9.93. The van der Waals surface area contributed by atoms with Crippen molar-refractivity contribution < 1.29 is 4.39 Å². The first-order valence-electron chi connectivity index (χ1n) is 4.38. The average Bonchev–Trinajstić information content (AvgIpc) is 2.17. The van der Waals surface area contributed by atoms with Crippen LogP contribution in [0.5, 0.6) is 0 Å². The second-order valence-electron chi connectivity index (χ2n) is 2.99. The van der Waals surface area contributed by atoms with Gasteiger partial charge in [-0.25, -0.2) is 9.37 Å². The third kappa shape index (κ3) is 2.67. The normalized spacial score (nSPS) is 10.0. The number of nitrogens with one attached hydrogen (secondary N) is 1. The molecule has 0 saturated carbocycles. The van der Waals surface area contributed by atoms with E-state index in [9.17, 15) is 4.39 Å². The molecule has 0 amide bonds. The fourth-order valence-electron chi connectivity index (χ4n) is 1.19. The van der Waals surface area contributed by atoms with E-state index in [1.165, 1.54) is 12.1 Å². The summed E-state index contributed by atoms with van der Waals surface area (Å²) in [5, 5.41) is 3.54. The van der Waals surface area contributed by atoms with Crippen molar-refractivity contribution in [1.82, 2.24) is 4.98 Å². The molecule has 0 aliphatic rings. The van der Waals surface area contributed by atoms with E-state index in [-0.39, 0.29) is 5.82 Å². The summed E-state index contributed by atoms with van der Waals surface area (Å²) in [6, 6.07) is 9.51. The number of halogens is 2. The van der Waals surface area contributed by atoms with Gasteiger partial charge in [0.25, 0.3) is 0 Å². The highest BCUT2D eigenvalue weighted by Crippen LogP contribution is 2.17. The van der Waals surface area contributed by atoms with Gasteiger partial charge in [0.15, 0.2) is 0 Å². The minimum absolute atomic E-state index is 0.290. The summed E-state index contributed by atoms with van der Waals surface area (Å²) in [6.45, 7) is 0. The standard InChI is InChI=1S/C11H8ClFN2/c12-8-4-5-14-11(6-8)15-10-3-1-2-9(13)7-10/h1-7H,(H,14,15). The van der Waals surface area contributed by atoms with Crippen molar-refractivity contribution in [2.75, 3.05) is 5.32 Å². The molecule has 0 saturated heterocycles. The smallest absolute Gasteiger partial charge is 0.131 e. The Hall–Kier alpha value is -1.61. The number of rotatable bonds is 2. The van der Waals surface area contributed by atoms with Gasteiger partial charge in [-0.2, -0.15) is 0 Å². The van der Waals surface area contributed by atoms with Gasteiger partial charge < -0.3 is 5.32 Å². The third-order valence-corrected chi connectivity index (χ3v) is 2.05. The number of hydrogen-bond acceptors (Lipinski definition) is 2. The van der Waals surface area contributed by atoms with Crippen LogP contribution in [0, 0.1) is 5.82 Å². The number of nitrogens with zero attached hydrogens (tertiary/aromatic N) is 1. The number of benzene rings is 1. The van der Waals surface area contributed by atoms with E-state index >= 15 is 0 Å². The predicted octanol–water partition coefficient (Wildman–Crippen LogP) is 3.62. The third-order valence-electron chi connectivity index (χ3n) is 1.82. The molecule has 2 aromatic rings. The molecule has 0 aliphatic heterocycles. The van der Waals surface area contributed by atoms with Gasteiger partial charge in [0.05, 0.1) is 0 Å². The lowest BCUT2D eigenvalue weighted by Crippen LogP contribution is -1.93. The number of pyridine rings is 1. The molecule has 0 spiro atoms. The molecular weight excluding hydrogens is 215 g/mol. The van der Waals surface area contributed by atoms with Crippen molar-refractivity contribution in [3.05, 3.63) is 53.4 Å². The first-order valence-corrected chi connectivity index (χ1v) is 4.76. The van der Waals surface area contributed by atoms with Gasteiger partial charge in [-0.15, -0.1) is 0 Å². The lowest BCUT2D eigenvalue weighted by Gasteiger charge is -2.05. The molecule has 76 valence electrons. The molecule has 0 aliphatic carbocycles. The summed E-state index contributed by atoms with van der Waals surface area (Å²) in [6.07, 6.45) is 1.59. The largest absolute Gasteiger partial charge is 0.340 e. The zero-order valence-corrected chi connectivity index (χ0v) is 8.50. The molecule has 2 nitrogen and oxygen atoms in total. The summed E-state index contributed by atoms with van der Waals surface area (Å²) in [5.74, 6) is 0.301. The summed E-state index contributed by atoms with van der Waals surface area (Å²) < 4.78 is 12.9. The van der Waals surface area contributed by atoms with Crippen LogP contribution in [0.15, 0.2) is 42.6 Å². The number of anilines is 2. The maximum absolute atomic E-state index is 12.9. The number of aromatic nitrogens is 1. The summed E-state index contributed by atoms with van der Waals surface area (Å²) in [7, 11) is 0. The Kier molecular flexibility index (Phi) is 2.83. The van der Waals surface area contributed by atoms with Crippen LogP contribution in [0.3, 0.4) is 0 Å². The second-order valence-corrected chi connectivity index (χ2v) is 3.43. The minimum Gasteiger partial charge on any atom is -0.340 e. The molecular formula is C11H8ClFN2. The maximum atomic E-state index is 12.9. The SMILES string of the molecule is Fc1cccc(Nc2cc(Cl)ccn2)c1. The van der Waals surface area contributed by atoms with Crippen LogP contribution >= 0.6 is 11.6 Å². The van der Waals surface area contributed by atoms with Gasteiger partial charge in [-0.3, -0.25) is 0 Å². The van der Waals surface area contributed by atoms with Crippen LogP contribution in [0.2, 0.25) is 5.02 Å². The fourth-order valence-corrected chi connectivity index (χ4v) is 1.35. The zero-order chi connectivity index (χ0) is 10.7. The van der Waals surface area contributed by atoms with Gasteiger partial charge in [-0.05, 0) is 30.3 Å². The van der Waals surface area contributed by atoms with E-state index < -0.39 is 0 Å². The van der Waals surface area contributed by atoms with Gasteiger partial charge in [0, 0.05) is 16.9 Å². The quantitative estimate of drug-likeness (QED) is 0.840. The van der Waals surface area contributed by atoms with Crippen LogP contribution in [0.1, 0.15) is 0 Å². The number of hydrogen-bond donors (Lipinski definition) is 1. The van der Waals surface area contributed by atoms with Crippen molar-refractivity contribution in [3.8, 4) is 0 Å². The van der Waals surface area contributed by atoms with E-state index in [4.69, 9.17) is 11.6 Å². The van der Waals surface area contributed by atoms with Gasteiger partial charge in [0.1, 0.15) is 11.6 Å². The van der Waals surface area contributed by atoms with Crippen molar-refractivity contribution in [3.63, 3.8) is 0 Å². The van der Waals surface area contributed by atoms with E-state index in [0.717, 1.165) is 0 Å². The van der Waals surface area contributed by atoms with Crippen LogP contribution in [0.25, 0.3) is 0 Å². The van der Waals surface area contributed by atoms with E-state index in [1.54, 1.807) is 30.5 Å². The van der Waals surface area contributed by atoms with E-state index in [0.29, 0.717) is 16.5 Å². The molecule has 0 fully saturated rings. The Morgan fingerprint density at radius 1 is 1.20 bits per heavy atom. The Bertz CT molecular complexity index is 430. The Labute approximate surface area is 91.7 Å². The second kappa shape index (κ2) is 4.28. The molecule has 1 heterocycles. The van der Waals surface area contributed by atoms with E-state index in [2.05, 4.69) is 10.3 Å². The monoisotopic (exact) mass is 222 g/mol. The molecule has 0 unspecified atom stereocenters. The summed E-state index contributed by atoms with van der Waals surface area (Å²) in [5.41, 5.74) is 0.643. The molecule has 15 heavy (non-hydrogen) atoms. The highest BCUT2D eigenvalue weighted by molar-refractivity contribution is 6.30. The minimum atomic E-state index is -0.290. The first-order chi connectivity index (χ1) is 7.24. The Balaban J connectivity index is 2.22. The molecule has 1 N–H and O–H groups in total. The maximum Gasteiger partial charge on any atom is 0.131 e. The molecule has 0 radical (unpaired) electrons. The predicted molar refractivity (Wildman–Crippen MR) is 58.9 cm³/mol. The summed E-state index contributed by atoms with van der Waals surface area (Å²) >= 11 is 5.79. The molecule has 1 aromatic heterocycles. The molecule has 0 bridgehead atoms. The van der Waals surface area contributed by atoms with Gasteiger partial charge >= 0.3 is 0 Å². The van der Waals surface area contributed by atoms with Gasteiger partial charge in [0.2, 0.25) is 0 Å². The van der Waals surface area contributed by atoms with Crippen LogP contribution in [-0.4, -0.2) is 4.98 Å². The summed E-state index contributed by atoms with van der Waals surface area (Å²) in [4.78, 5) is 4.05. The van der Waals surface area contributed by atoms with Crippen molar-refractivity contribution >= 4 is 23.1 Å². The lowest BCUT2D eigenvalue weighted by atomic mass is 10.3. The molecule has 1 aromatic carbocycles. The van der Waals surface area contributed by atoms with Crippen LogP contribution in [-0.2, 0) is 0 Å². The Morgan fingerprint density at radius 3 is 2.80 bits per heavy atom. The average molecular weight is 223 g/mol. The lowest BCUT2D eigenvalue weighted by molar-refractivity contribution is 0.628. The van der Waals surface area contributed by atoms with E-state index in [1.807, 2.05) is 0 Å². The van der Waals surface area contributed by atoms with Gasteiger partial charge in [-0.1, -0.05) is 17.7 Å². The highest BCUT2D eigenvalue weighted by atomic mass is 35.5. The zero-order valence-electron chi connectivity index (χ0n) is 7.74. The van der Waals surface area contributed by atoms with Crippen LogP contribution in [0.4, 0.5) is 15.9 Å². The fraction of sp³-hybridized carbons (Fsp3) is 0. The topological polar surface area (TPSA) is 24.9 Å². The molecule has 2 rings (SSSR count). The van der Waals surface area contributed by atoms with Crippen molar-refractivity contribution in [2.45, 2.75) is 0 Å².